The third kappa shape index (κ3) is 7.27. The van der Waals surface area contributed by atoms with Gasteiger partial charge >= 0.3 is 0 Å². The van der Waals surface area contributed by atoms with Crippen molar-refractivity contribution in [3.8, 4) is 11.5 Å². The summed E-state index contributed by atoms with van der Waals surface area (Å²) in [6, 6.07) is 8.18. The molecule has 0 radical (unpaired) electrons. The minimum atomic E-state index is 0.000313. The maximum Gasteiger partial charge on any atom is 0.191 e. The number of aliphatic imine (C=N–C) groups is 1. The van der Waals surface area contributed by atoms with Gasteiger partial charge in [-0.3, -0.25) is 9.89 Å². The molecule has 2 atom stereocenters. The molecule has 1 saturated heterocycles. The van der Waals surface area contributed by atoms with Gasteiger partial charge in [0.2, 0.25) is 0 Å². The summed E-state index contributed by atoms with van der Waals surface area (Å²) < 4.78 is 16.4. The van der Waals surface area contributed by atoms with Crippen LogP contribution in [-0.4, -0.2) is 77.1 Å². The Hall–Kier alpha value is -1.99. The molecule has 1 fully saturated rings. The van der Waals surface area contributed by atoms with Gasteiger partial charge in [-0.1, -0.05) is 6.07 Å². The van der Waals surface area contributed by atoms with Crippen LogP contribution < -0.4 is 20.1 Å². The van der Waals surface area contributed by atoms with Crippen LogP contribution in [0.15, 0.2) is 29.3 Å². The molecule has 0 spiro atoms. The van der Waals surface area contributed by atoms with Gasteiger partial charge < -0.3 is 24.8 Å². The van der Waals surface area contributed by atoms with Gasteiger partial charge in [0, 0.05) is 39.4 Å². The van der Waals surface area contributed by atoms with Crippen LogP contribution in [0.2, 0.25) is 0 Å². The van der Waals surface area contributed by atoms with E-state index in [0.717, 1.165) is 43.7 Å². The molecule has 2 unspecified atom stereocenters. The molecule has 1 aromatic rings. The van der Waals surface area contributed by atoms with Crippen molar-refractivity contribution < 1.29 is 14.2 Å². The first kappa shape index (κ1) is 21.3. The summed E-state index contributed by atoms with van der Waals surface area (Å²) in [7, 11) is 5.20. The molecule has 7 heteroatoms. The number of likely N-dealkylation sites (tertiary alicyclic amines) is 1. The number of ether oxygens (including phenoxy) is 3. The van der Waals surface area contributed by atoms with Gasteiger partial charge in [-0.05, 0) is 38.4 Å². The lowest BCUT2D eigenvalue weighted by Gasteiger charge is -2.25. The number of benzene rings is 1. The van der Waals surface area contributed by atoms with E-state index in [1.165, 1.54) is 12.8 Å². The van der Waals surface area contributed by atoms with Crippen molar-refractivity contribution in [2.75, 3.05) is 54.1 Å². The maximum atomic E-state index is 5.94. The summed E-state index contributed by atoms with van der Waals surface area (Å²) in [6.07, 6.45) is 2.46. The number of methoxy groups -OCH3 is 2. The molecule has 152 valence electrons. The van der Waals surface area contributed by atoms with Gasteiger partial charge in [0.05, 0.1) is 20.3 Å². The molecule has 2 N–H and O–H groups in total. The zero-order chi connectivity index (χ0) is 19.5. The number of hydrogen-bond donors (Lipinski definition) is 2. The van der Waals surface area contributed by atoms with E-state index in [-0.39, 0.29) is 6.10 Å². The minimum Gasteiger partial charge on any atom is -0.497 e. The lowest BCUT2D eigenvalue weighted by atomic mass is 10.2. The Morgan fingerprint density at radius 2 is 2.11 bits per heavy atom. The van der Waals surface area contributed by atoms with Crippen molar-refractivity contribution in [2.24, 2.45) is 4.99 Å². The largest absolute Gasteiger partial charge is 0.497 e. The average Bonchev–Trinajstić information content (AvgIpc) is 3.14. The van der Waals surface area contributed by atoms with Crippen LogP contribution in [0, 0.1) is 0 Å². The predicted octanol–water partition coefficient (Wildman–Crippen LogP) is 1.74. The van der Waals surface area contributed by atoms with Gasteiger partial charge in [-0.2, -0.15) is 0 Å². The fraction of sp³-hybridized carbons (Fsp3) is 0.650. The van der Waals surface area contributed by atoms with Crippen LogP contribution in [0.25, 0.3) is 0 Å². The lowest BCUT2D eigenvalue weighted by Crippen LogP contribution is -2.47. The molecule has 7 nitrogen and oxygen atoms in total. The second-order valence-electron chi connectivity index (χ2n) is 6.77. The van der Waals surface area contributed by atoms with Crippen LogP contribution in [0.1, 0.15) is 19.8 Å². The summed E-state index contributed by atoms with van der Waals surface area (Å²) in [5.74, 6) is 2.39. The van der Waals surface area contributed by atoms with E-state index in [4.69, 9.17) is 14.2 Å². The third-order valence-corrected chi connectivity index (χ3v) is 4.75. The zero-order valence-corrected chi connectivity index (χ0v) is 17.0. The number of nitrogens with one attached hydrogen (secondary N) is 2. The highest BCUT2D eigenvalue weighted by Crippen LogP contribution is 2.19. The van der Waals surface area contributed by atoms with Gasteiger partial charge in [0.25, 0.3) is 0 Å². The fourth-order valence-electron chi connectivity index (χ4n) is 3.25. The Morgan fingerprint density at radius 1 is 1.30 bits per heavy atom. The molecular weight excluding hydrogens is 344 g/mol. The first-order valence-electron chi connectivity index (χ1n) is 9.64. The standard InChI is InChI=1S/C20H34N4O3/c1-16(27-19-9-5-8-18(13-19)26-4)14-22-20(21-2)23-15-17-7-6-10-24(17)11-12-25-3/h5,8-9,13,16-17H,6-7,10-12,14-15H2,1-4H3,(H2,21,22,23). The van der Waals surface area contributed by atoms with Crippen LogP contribution in [0.5, 0.6) is 11.5 Å². The Labute approximate surface area is 163 Å². The predicted molar refractivity (Wildman–Crippen MR) is 109 cm³/mol. The average molecular weight is 379 g/mol. The van der Waals surface area contributed by atoms with Crippen LogP contribution in [-0.2, 0) is 4.74 Å². The normalized spacial score (nSPS) is 19.0. The molecule has 0 aliphatic carbocycles. The number of guanidine groups is 1. The summed E-state index contributed by atoms with van der Waals surface area (Å²) in [4.78, 5) is 6.80. The van der Waals surface area contributed by atoms with E-state index >= 15 is 0 Å². The summed E-state index contributed by atoms with van der Waals surface area (Å²) >= 11 is 0. The molecule has 0 saturated carbocycles. The lowest BCUT2D eigenvalue weighted by molar-refractivity contribution is 0.141. The monoisotopic (exact) mass is 378 g/mol. The smallest absolute Gasteiger partial charge is 0.191 e. The molecule has 0 aromatic heterocycles. The number of nitrogens with zero attached hydrogens (tertiary/aromatic N) is 2. The van der Waals surface area contributed by atoms with E-state index in [2.05, 4.69) is 20.5 Å². The summed E-state index contributed by atoms with van der Waals surface area (Å²) in [5.41, 5.74) is 0. The second-order valence-corrected chi connectivity index (χ2v) is 6.77. The molecule has 27 heavy (non-hydrogen) atoms. The van der Waals surface area contributed by atoms with Crippen molar-refractivity contribution in [1.29, 1.82) is 0 Å². The van der Waals surface area contributed by atoms with Crippen molar-refractivity contribution in [3.63, 3.8) is 0 Å². The van der Waals surface area contributed by atoms with Crippen LogP contribution >= 0.6 is 0 Å². The third-order valence-electron chi connectivity index (χ3n) is 4.75. The number of rotatable bonds is 10. The van der Waals surface area contributed by atoms with Gasteiger partial charge in [-0.15, -0.1) is 0 Å². The molecule has 1 aromatic carbocycles. The van der Waals surface area contributed by atoms with Gasteiger partial charge in [0.15, 0.2) is 5.96 Å². The molecule has 1 aliphatic heterocycles. The maximum absolute atomic E-state index is 5.94. The van der Waals surface area contributed by atoms with Crippen LogP contribution in [0.4, 0.5) is 0 Å². The van der Waals surface area contributed by atoms with E-state index in [9.17, 15) is 0 Å². The first-order chi connectivity index (χ1) is 13.2. The van der Waals surface area contributed by atoms with Crippen molar-refractivity contribution in [2.45, 2.75) is 31.9 Å². The van der Waals surface area contributed by atoms with Crippen LogP contribution in [0.3, 0.4) is 0 Å². The summed E-state index contributed by atoms with van der Waals surface area (Å²) in [6.45, 7) is 6.49. The Bertz CT molecular complexity index is 582. The van der Waals surface area contributed by atoms with E-state index in [1.54, 1.807) is 21.3 Å². The molecule has 1 heterocycles. The quantitative estimate of drug-likeness (QED) is 0.478. The molecular formula is C20H34N4O3. The highest BCUT2D eigenvalue weighted by Gasteiger charge is 2.24. The van der Waals surface area contributed by atoms with Crippen molar-refractivity contribution in [3.05, 3.63) is 24.3 Å². The van der Waals surface area contributed by atoms with Gasteiger partial charge in [0.1, 0.15) is 17.6 Å². The van der Waals surface area contributed by atoms with Crippen molar-refractivity contribution in [1.82, 2.24) is 15.5 Å². The second kappa shape index (κ2) is 11.7. The highest BCUT2D eigenvalue weighted by molar-refractivity contribution is 5.79. The minimum absolute atomic E-state index is 0.000313. The Balaban J connectivity index is 1.73. The number of hydrogen-bond acceptors (Lipinski definition) is 5. The van der Waals surface area contributed by atoms with E-state index in [0.29, 0.717) is 12.6 Å². The Morgan fingerprint density at radius 3 is 2.85 bits per heavy atom. The van der Waals surface area contributed by atoms with E-state index < -0.39 is 0 Å². The SMILES string of the molecule is CN=C(NCC(C)Oc1cccc(OC)c1)NCC1CCCN1CCOC. The molecule has 2 rings (SSSR count). The molecule has 0 bridgehead atoms. The highest BCUT2D eigenvalue weighted by atomic mass is 16.5. The molecule has 0 amide bonds. The molecule has 1 aliphatic rings. The zero-order valence-electron chi connectivity index (χ0n) is 17.0. The first-order valence-corrected chi connectivity index (χ1v) is 9.64. The summed E-state index contributed by atoms with van der Waals surface area (Å²) in [5, 5.41) is 6.78. The topological polar surface area (TPSA) is 67.4 Å². The van der Waals surface area contributed by atoms with Crippen molar-refractivity contribution >= 4 is 5.96 Å². The fourth-order valence-corrected chi connectivity index (χ4v) is 3.25. The van der Waals surface area contributed by atoms with E-state index in [1.807, 2.05) is 31.2 Å². The Kier molecular flexibility index (Phi) is 9.21. The van der Waals surface area contributed by atoms with Gasteiger partial charge in [-0.25, -0.2) is 0 Å².